The molecule has 0 unspecified atom stereocenters. The number of rotatable bonds is 4. The van der Waals surface area contributed by atoms with Crippen molar-refractivity contribution in [3.05, 3.63) is 63.5 Å². The Morgan fingerprint density at radius 1 is 1.31 bits per heavy atom. The van der Waals surface area contributed by atoms with Gasteiger partial charge in [0.15, 0.2) is 5.65 Å². The number of fused-ring (bicyclic) bond motifs is 2. The molecular formula is C24H30N6O2. The van der Waals surface area contributed by atoms with Crippen LogP contribution in [0.1, 0.15) is 55.1 Å². The van der Waals surface area contributed by atoms with E-state index in [1.165, 1.54) is 5.56 Å². The molecule has 3 aromatic heterocycles. The van der Waals surface area contributed by atoms with E-state index in [1.54, 1.807) is 15.6 Å². The number of likely N-dealkylation sites (tertiary alicyclic amines) is 1. The smallest absolute Gasteiger partial charge is 0.277 e. The molecule has 0 radical (unpaired) electrons. The second-order valence-electron chi connectivity index (χ2n) is 9.35. The molecule has 5 rings (SSSR count). The molecule has 0 bridgehead atoms. The predicted octanol–water partition coefficient (Wildman–Crippen LogP) is 2.34. The number of aromatic nitrogens is 4. The number of amides is 1. The molecule has 5 heterocycles. The Morgan fingerprint density at radius 2 is 2.19 bits per heavy atom. The lowest BCUT2D eigenvalue weighted by molar-refractivity contribution is -0.135. The molecule has 2 aliphatic rings. The van der Waals surface area contributed by atoms with Gasteiger partial charge in [-0.1, -0.05) is 19.9 Å². The summed E-state index contributed by atoms with van der Waals surface area (Å²) in [5.41, 5.74) is 4.34. The van der Waals surface area contributed by atoms with Crippen LogP contribution in [0, 0.1) is 5.92 Å². The summed E-state index contributed by atoms with van der Waals surface area (Å²) in [5, 5.41) is 3.33. The highest BCUT2D eigenvalue weighted by atomic mass is 16.2. The minimum Gasteiger partial charge on any atom is -0.337 e. The van der Waals surface area contributed by atoms with E-state index >= 15 is 0 Å². The molecule has 8 heteroatoms. The zero-order chi connectivity index (χ0) is 22.2. The number of nitrogens with one attached hydrogen (secondary N) is 1. The third-order valence-corrected chi connectivity index (χ3v) is 6.66. The zero-order valence-corrected chi connectivity index (χ0v) is 18.8. The van der Waals surface area contributed by atoms with Gasteiger partial charge in [-0.05, 0) is 31.0 Å². The molecular weight excluding hydrogens is 404 g/mol. The molecule has 0 aromatic carbocycles. The Bertz CT molecular complexity index is 1180. The van der Waals surface area contributed by atoms with Crippen molar-refractivity contribution in [1.82, 2.24) is 29.4 Å². The quantitative estimate of drug-likeness (QED) is 0.681. The number of carbonyl (C=O) groups excluding carboxylic acids is 1. The van der Waals surface area contributed by atoms with Crippen LogP contribution < -0.4 is 5.56 Å². The monoisotopic (exact) mass is 434 g/mol. The topological polar surface area (TPSA) is 86.6 Å². The Morgan fingerprint density at radius 3 is 2.97 bits per heavy atom. The van der Waals surface area contributed by atoms with Crippen LogP contribution >= 0.6 is 0 Å². The van der Waals surface area contributed by atoms with E-state index in [0.717, 1.165) is 43.9 Å². The first-order chi connectivity index (χ1) is 15.5. The zero-order valence-electron chi connectivity index (χ0n) is 18.8. The summed E-state index contributed by atoms with van der Waals surface area (Å²) in [6.45, 7) is 7.64. The molecule has 8 nitrogen and oxygen atoms in total. The molecule has 1 atom stereocenters. The van der Waals surface area contributed by atoms with Crippen LogP contribution in [0.2, 0.25) is 0 Å². The maximum atomic E-state index is 13.2. The highest BCUT2D eigenvalue weighted by molar-refractivity contribution is 5.78. The first-order valence-corrected chi connectivity index (χ1v) is 11.5. The summed E-state index contributed by atoms with van der Waals surface area (Å²) in [4.78, 5) is 38.9. The van der Waals surface area contributed by atoms with Gasteiger partial charge in [-0.25, -0.2) is 9.50 Å². The van der Waals surface area contributed by atoms with Crippen molar-refractivity contribution in [3.8, 4) is 0 Å². The summed E-state index contributed by atoms with van der Waals surface area (Å²) in [5.74, 6) is 0.342. The summed E-state index contributed by atoms with van der Waals surface area (Å²) in [6, 6.07) is 6.12. The molecule has 1 saturated heterocycles. The third-order valence-electron chi connectivity index (χ3n) is 6.66. The Labute approximate surface area is 187 Å². The highest BCUT2D eigenvalue weighted by Crippen LogP contribution is 2.27. The van der Waals surface area contributed by atoms with Gasteiger partial charge in [0.25, 0.3) is 5.56 Å². The molecule has 0 spiro atoms. The highest BCUT2D eigenvalue weighted by Gasteiger charge is 2.28. The molecule has 1 amide bonds. The van der Waals surface area contributed by atoms with Crippen LogP contribution in [0.15, 0.2) is 35.4 Å². The van der Waals surface area contributed by atoms with Crippen LogP contribution in [-0.4, -0.2) is 54.9 Å². The van der Waals surface area contributed by atoms with E-state index in [-0.39, 0.29) is 17.4 Å². The number of piperidine rings is 1. The van der Waals surface area contributed by atoms with Gasteiger partial charge in [0, 0.05) is 62.0 Å². The average molecular weight is 435 g/mol. The minimum atomic E-state index is -0.0828. The molecule has 0 saturated carbocycles. The van der Waals surface area contributed by atoms with E-state index in [9.17, 15) is 9.59 Å². The van der Waals surface area contributed by atoms with Gasteiger partial charge in [0.2, 0.25) is 5.91 Å². The van der Waals surface area contributed by atoms with Crippen molar-refractivity contribution in [1.29, 1.82) is 0 Å². The first kappa shape index (κ1) is 20.9. The number of aromatic amines is 1. The second kappa shape index (κ2) is 8.50. The van der Waals surface area contributed by atoms with Gasteiger partial charge in [-0.3, -0.25) is 24.6 Å². The summed E-state index contributed by atoms with van der Waals surface area (Å²) in [7, 11) is 0. The van der Waals surface area contributed by atoms with E-state index < -0.39 is 0 Å². The van der Waals surface area contributed by atoms with Crippen LogP contribution in [0.5, 0.6) is 0 Å². The summed E-state index contributed by atoms with van der Waals surface area (Å²) < 4.78 is 1.57. The van der Waals surface area contributed by atoms with Gasteiger partial charge in [-0.2, -0.15) is 0 Å². The fourth-order valence-corrected chi connectivity index (χ4v) is 4.97. The number of hydrogen-bond acceptors (Lipinski definition) is 5. The largest absolute Gasteiger partial charge is 0.337 e. The predicted molar refractivity (Wildman–Crippen MR) is 121 cm³/mol. The summed E-state index contributed by atoms with van der Waals surface area (Å²) >= 11 is 0. The van der Waals surface area contributed by atoms with Gasteiger partial charge in [-0.15, -0.1) is 0 Å². The van der Waals surface area contributed by atoms with Gasteiger partial charge < -0.3 is 4.90 Å². The van der Waals surface area contributed by atoms with Gasteiger partial charge >= 0.3 is 0 Å². The first-order valence-electron chi connectivity index (χ1n) is 11.5. The molecule has 3 aromatic rings. The van der Waals surface area contributed by atoms with Crippen molar-refractivity contribution < 1.29 is 4.79 Å². The van der Waals surface area contributed by atoms with Crippen molar-refractivity contribution in [3.63, 3.8) is 0 Å². The Kier molecular flexibility index (Phi) is 5.55. The van der Waals surface area contributed by atoms with E-state index in [2.05, 4.69) is 21.0 Å². The molecule has 2 aliphatic heterocycles. The molecule has 1 fully saturated rings. The van der Waals surface area contributed by atoms with Crippen molar-refractivity contribution >= 4 is 11.6 Å². The molecule has 0 aliphatic carbocycles. The molecule has 168 valence electrons. The normalized spacial score (nSPS) is 19.5. The second-order valence-corrected chi connectivity index (χ2v) is 9.35. The number of hydrogen-bond donors (Lipinski definition) is 1. The maximum Gasteiger partial charge on any atom is 0.277 e. The van der Waals surface area contributed by atoms with E-state index in [1.807, 2.05) is 32.2 Å². The third kappa shape index (κ3) is 3.95. The number of nitrogens with zero attached hydrogens (tertiary/aromatic N) is 5. The summed E-state index contributed by atoms with van der Waals surface area (Å²) in [6.07, 6.45) is 6.55. The lowest BCUT2D eigenvalue weighted by Crippen LogP contribution is -2.41. The SMILES string of the molecule is CC(C)C(=O)N1CCc2nc3cc([C@@H]4CCCN(Cc5cccnc5)C4)[nH]n3c(=O)c2C1. The van der Waals surface area contributed by atoms with Crippen molar-refractivity contribution in [2.75, 3.05) is 19.6 Å². The van der Waals surface area contributed by atoms with Crippen LogP contribution in [0.4, 0.5) is 0 Å². The standard InChI is InChI=1S/C24H30N6O2/c1-16(2)23(31)29-10-7-20-19(15-29)24(32)30-22(26-20)11-21(27-30)18-6-4-9-28(14-18)13-17-5-3-8-25-12-17/h3,5,8,11-12,16,18,27H,4,6-7,9-10,13-15H2,1-2H3/t18-/m1/s1. The Hall–Kier alpha value is -3.00. The number of carbonyl (C=O) groups is 1. The number of H-pyrrole nitrogens is 1. The van der Waals surface area contributed by atoms with Crippen LogP contribution in [0.3, 0.4) is 0 Å². The van der Waals surface area contributed by atoms with Crippen LogP contribution in [-0.2, 0) is 24.3 Å². The minimum absolute atomic E-state index is 0.0750. The lowest BCUT2D eigenvalue weighted by Gasteiger charge is -2.32. The Balaban J connectivity index is 1.39. The van der Waals surface area contributed by atoms with Gasteiger partial charge in [0.05, 0.1) is 17.8 Å². The van der Waals surface area contributed by atoms with Crippen molar-refractivity contribution in [2.45, 2.75) is 52.1 Å². The lowest BCUT2D eigenvalue weighted by atomic mass is 9.94. The van der Waals surface area contributed by atoms with E-state index in [0.29, 0.717) is 36.6 Å². The van der Waals surface area contributed by atoms with Crippen LogP contribution in [0.25, 0.3) is 5.65 Å². The molecule has 1 N–H and O–H groups in total. The van der Waals surface area contributed by atoms with Crippen molar-refractivity contribution in [2.24, 2.45) is 5.92 Å². The fraction of sp³-hybridized carbons (Fsp3) is 0.500. The number of pyridine rings is 1. The molecule has 32 heavy (non-hydrogen) atoms. The maximum absolute atomic E-state index is 13.2. The average Bonchev–Trinajstić information content (AvgIpc) is 3.24. The van der Waals surface area contributed by atoms with E-state index in [4.69, 9.17) is 4.98 Å². The van der Waals surface area contributed by atoms with Gasteiger partial charge in [0.1, 0.15) is 0 Å². The fourth-order valence-electron chi connectivity index (χ4n) is 4.97.